The Morgan fingerprint density at radius 2 is 1.66 bits per heavy atom. The van der Waals surface area contributed by atoms with Crippen LogP contribution in [0.4, 0.5) is 43.5 Å². The number of anilines is 2. The van der Waals surface area contributed by atoms with Crippen molar-refractivity contribution in [2.24, 2.45) is 4.99 Å². The van der Waals surface area contributed by atoms with Crippen LogP contribution in [0.15, 0.2) is 66.0 Å². The van der Waals surface area contributed by atoms with Crippen LogP contribution in [0.25, 0.3) is 16.9 Å². The number of aliphatic hydroxyl groups is 1. The van der Waals surface area contributed by atoms with Crippen LogP contribution >= 0.6 is 0 Å². The predicted octanol–water partition coefficient (Wildman–Crippen LogP) is 5.71. The van der Waals surface area contributed by atoms with Gasteiger partial charge in [-0.2, -0.15) is 26.3 Å². The summed E-state index contributed by atoms with van der Waals surface area (Å²) in [6.45, 7) is 0. The molecule has 1 aliphatic rings. The topological polar surface area (TPSA) is 74.8 Å². The molecule has 0 aliphatic carbocycles. The van der Waals surface area contributed by atoms with Crippen LogP contribution in [0, 0.1) is 0 Å². The molecule has 6 nitrogen and oxygen atoms in total. The lowest BCUT2D eigenvalue weighted by atomic mass is 9.92. The van der Waals surface area contributed by atoms with Crippen molar-refractivity contribution in [3.05, 3.63) is 72.2 Å². The number of aromatic nitrogens is 3. The number of aliphatic imine (C=N–C) groups is 1. The van der Waals surface area contributed by atoms with Crippen molar-refractivity contribution >= 4 is 29.1 Å². The zero-order valence-electron chi connectivity index (χ0n) is 17.6. The zero-order valence-corrected chi connectivity index (χ0v) is 17.6. The lowest BCUT2D eigenvalue weighted by Crippen LogP contribution is -2.53. The second-order valence-corrected chi connectivity index (χ2v) is 7.90. The molecule has 0 amide bonds. The smallest absolute Gasteiger partial charge is 0.369 e. The van der Waals surface area contributed by atoms with Crippen molar-refractivity contribution in [1.29, 1.82) is 0 Å². The minimum absolute atomic E-state index is 0.150. The van der Waals surface area contributed by atoms with E-state index < -0.39 is 23.5 Å². The summed E-state index contributed by atoms with van der Waals surface area (Å²) in [5.74, 6) is 0.235. The molecule has 4 aromatic rings. The van der Waals surface area contributed by atoms with Crippen LogP contribution in [0.1, 0.15) is 11.1 Å². The van der Waals surface area contributed by atoms with Crippen molar-refractivity contribution in [3.63, 3.8) is 0 Å². The van der Waals surface area contributed by atoms with E-state index in [1.807, 2.05) is 18.2 Å². The fraction of sp³-hybridized carbons (Fsp3) is 0.174. The fourth-order valence-corrected chi connectivity index (χ4v) is 3.85. The van der Waals surface area contributed by atoms with Gasteiger partial charge in [-0.15, -0.1) is 0 Å². The molecule has 0 fully saturated rings. The molecule has 2 N–H and O–H groups in total. The molecule has 5 rings (SSSR count). The van der Waals surface area contributed by atoms with E-state index >= 15 is 0 Å². The number of hydrogen-bond donors (Lipinski definition) is 2. The minimum Gasteiger partial charge on any atom is -0.369 e. The van der Waals surface area contributed by atoms with E-state index in [4.69, 9.17) is 0 Å². The Labute approximate surface area is 193 Å². The van der Waals surface area contributed by atoms with Crippen LogP contribution < -0.4 is 5.32 Å². The summed E-state index contributed by atoms with van der Waals surface area (Å²) in [7, 11) is 0. The molecular formula is C23H15F6N5O. The first-order valence-corrected chi connectivity index (χ1v) is 10.2. The lowest BCUT2D eigenvalue weighted by molar-refractivity contribution is -0.376. The molecule has 0 unspecified atom stereocenters. The number of alkyl halides is 6. The number of nitrogens with zero attached hydrogens (tertiary/aromatic N) is 4. The first-order valence-electron chi connectivity index (χ1n) is 10.2. The van der Waals surface area contributed by atoms with E-state index in [0.29, 0.717) is 29.9 Å². The van der Waals surface area contributed by atoms with E-state index in [1.54, 1.807) is 23.0 Å². The fourth-order valence-electron chi connectivity index (χ4n) is 3.85. The van der Waals surface area contributed by atoms with Gasteiger partial charge in [0, 0.05) is 48.0 Å². The SMILES string of the molecule is OC(c1ccc(Nc2nc(-c3ccc4c(c3)CC=N4)cn3ccnc23)cc1)(C(F)(F)F)C(F)(F)F. The Bertz CT molecular complexity index is 1430. The molecule has 0 saturated heterocycles. The highest BCUT2D eigenvalue weighted by Gasteiger charge is 2.71. The van der Waals surface area contributed by atoms with E-state index in [0.717, 1.165) is 28.9 Å². The number of imidazole rings is 1. The summed E-state index contributed by atoms with van der Waals surface area (Å²) in [4.78, 5) is 13.1. The third-order valence-corrected chi connectivity index (χ3v) is 5.68. The van der Waals surface area contributed by atoms with E-state index in [1.165, 1.54) is 6.20 Å². The maximum absolute atomic E-state index is 13.1. The van der Waals surface area contributed by atoms with Gasteiger partial charge < -0.3 is 14.8 Å². The quantitative estimate of drug-likeness (QED) is 0.359. The standard InChI is InChI=1S/C23H15F6N5O/c24-22(25,26)21(35,23(27,28)29)15-2-4-16(5-3-15)32-19-20-31-9-10-34(20)12-18(33-19)13-1-6-17-14(11-13)7-8-30-17/h1-6,8-12,35H,7H2,(H,32,33). The van der Waals surface area contributed by atoms with Gasteiger partial charge in [-0.05, 0) is 29.8 Å². The van der Waals surface area contributed by atoms with Crippen molar-refractivity contribution < 1.29 is 31.4 Å². The predicted molar refractivity (Wildman–Crippen MR) is 116 cm³/mol. The van der Waals surface area contributed by atoms with Crippen LogP contribution in [0.2, 0.25) is 0 Å². The Morgan fingerprint density at radius 1 is 0.943 bits per heavy atom. The maximum atomic E-state index is 13.1. The summed E-state index contributed by atoms with van der Waals surface area (Å²) in [6.07, 6.45) is -4.47. The first-order chi connectivity index (χ1) is 16.5. The van der Waals surface area contributed by atoms with Gasteiger partial charge in [0.2, 0.25) is 0 Å². The van der Waals surface area contributed by atoms with Gasteiger partial charge in [-0.3, -0.25) is 4.99 Å². The lowest BCUT2D eigenvalue weighted by Gasteiger charge is -2.32. The summed E-state index contributed by atoms with van der Waals surface area (Å²) >= 11 is 0. The Hall–Kier alpha value is -3.93. The van der Waals surface area contributed by atoms with Crippen LogP contribution in [-0.4, -0.2) is 38.0 Å². The maximum Gasteiger partial charge on any atom is 0.430 e. The summed E-state index contributed by atoms with van der Waals surface area (Å²) in [5.41, 5.74) is -2.55. The number of benzene rings is 2. The molecule has 35 heavy (non-hydrogen) atoms. The zero-order chi connectivity index (χ0) is 25.0. The third kappa shape index (κ3) is 3.79. The van der Waals surface area contributed by atoms with E-state index in [9.17, 15) is 31.4 Å². The first kappa shape index (κ1) is 22.8. The molecule has 0 bridgehead atoms. The van der Waals surface area contributed by atoms with Crippen molar-refractivity contribution in [2.75, 3.05) is 5.32 Å². The molecule has 2 aromatic heterocycles. The molecule has 1 aliphatic heterocycles. The monoisotopic (exact) mass is 491 g/mol. The van der Waals surface area contributed by atoms with Crippen molar-refractivity contribution in [3.8, 4) is 11.3 Å². The van der Waals surface area contributed by atoms with Crippen molar-refractivity contribution in [1.82, 2.24) is 14.4 Å². The van der Waals surface area contributed by atoms with Gasteiger partial charge in [-0.1, -0.05) is 18.2 Å². The van der Waals surface area contributed by atoms with Crippen LogP contribution in [-0.2, 0) is 12.0 Å². The highest BCUT2D eigenvalue weighted by atomic mass is 19.4. The molecule has 0 saturated carbocycles. The Balaban J connectivity index is 1.50. The largest absolute Gasteiger partial charge is 0.430 e. The van der Waals surface area contributed by atoms with E-state index in [2.05, 4.69) is 20.3 Å². The highest BCUT2D eigenvalue weighted by molar-refractivity contribution is 5.79. The number of hydrogen-bond acceptors (Lipinski definition) is 5. The molecule has 0 radical (unpaired) electrons. The van der Waals surface area contributed by atoms with Crippen molar-refractivity contribution in [2.45, 2.75) is 24.4 Å². The molecule has 0 spiro atoms. The van der Waals surface area contributed by atoms with Crippen LogP contribution in [0.3, 0.4) is 0 Å². The Kier molecular flexibility index (Phi) is 5.09. The molecular weight excluding hydrogens is 476 g/mol. The highest BCUT2D eigenvalue weighted by Crippen LogP contribution is 2.50. The van der Waals surface area contributed by atoms with Gasteiger partial charge in [0.15, 0.2) is 11.5 Å². The van der Waals surface area contributed by atoms with E-state index in [-0.39, 0.29) is 11.5 Å². The average Bonchev–Trinajstić information content (AvgIpc) is 3.46. The van der Waals surface area contributed by atoms with Crippen LogP contribution in [0.5, 0.6) is 0 Å². The summed E-state index contributed by atoms with van der Waals surface area (Å²) in [5, 5.41) is 12.5. The number of rotatable bonds is 4. The average molecular weight is 491 g/mol. The second-order valence-electron chi connectivity index (χ2n) is 7.90. The van der Waals surface area contributed by atoms with Gasteiger partial charge in [-0.25, -0.2) is 9.97 Å². The molecule has 2 aromatic carbocycles. The summed E-state index contributed by atoms with van der Waals surface area (Å²) < 4.78 is 80.6. The molecule has 3 heterocycles. The third-order valence-electron chi connectivity index (χ3n) is 5.68. The number of nitrogens with one attached hydrogen (secondary N) is 1. The number of halogens is 6. The van der Waals surface area contributed by atoms with Gasteiger partial charge in [0.1, 0.15) is 0 Å². The minimum atomic E-state index is -5.96. The molecule has 12 heteroatoms. The second kappa shape index (κ2) is 7.80. The Morgan fingerprint density at radius 3 is 2.34 bits per heavy atom. The summed E-state index contributed by atoms with van der Waals surface area (Å²) in [6, 6.07) is 8.78. The normalized spacial score (nSPS) is 13.9. The molecule has 180 valence electrons. The van der Waals surface area contributed by atoms with Gasteiger partial charge in [0.05, 0.1) is 11.4 Å². The molecule has 0 atom stereocenters. The number of fused-ring (bicyclic) bond motifs is 2. The van der Waals surface area contributed by atoms with Gasteiger partial charge in [0.25, 0.3) is 5.60 Å². The van der Waals surface area contributed by atoms with Gasteiger partial charge >= 0.3 is 12.4 Å².